The summed E-state index contributed by atoms with van der Waals surface area (Å²) in [4.78, 5) is 14.0. The number of aryl methyl sites for hydroxylation is 1. The molecule has 1 aromatic heterocycles. The lowest BCUT2D eigenvalue weighted by Gasteiger charge is -2.37. The van der Waals surface area contributed by atoms with Crippen LogP contribution in [0.3, 0.4) is 0 Å². The smallest absolute Gasteiger partial charge is 0.240 e. The van der Waals surface area contributed by atoms with Crippen molar-refractivity contribution in [2.45, 2.75) is 25.6 Å². The van der Waals surface area contributed by atoms with Gasteiger partial charge in [0.05, 0.1) is 19.8 Å². The van der Waals surface area contributed by atoms with Crippen LogP contribution in [-0.2, 0) is 14.3 Å². The summed E-state index contributed by atoms with van der Waals surface area (Å²) in [5.74, 6) is -0.436. The van der Waals surface area contributed by atoms with Gasteiger partial charge in [0.15, 0.2) is 5.79 Å². The zero-order chi connectivity index (χ0) is 14.0. The lowest BCUT2D eigenvalue weighted by atomic mass is 10.0. The highest BCUT2D eigenvalue weighted by Crippen LogP contribution is 2.31. The van der Waals surface area contributed by atoms with Crippen LogP contribution in [0.4, 0.5) is 5.13 Å². The molecule has 3 heterocycles. The molecule has 110 valence electrons. The van der Waals surface area contributed by atoms with Crippen LogP contribution >= 0.6 is 11.3 Å². The molecule has 2 saturated heterocycles. The monoisotopic (exact) mass is 298 g/mol. The first-order valence-corrected chi connectivity index (χ1v) is 7.57. The number of carbonyl (C=O) groups excluding carboxylic acids is 1. The molecule has 0 aromatic carbocycles. The topological polar surface area (TPSA) is 76.6 Å². The van der Waals surface area contributed by atoms with Gasteiger partial charge in [-0.25, -0.2) is 0 Å². The van der Waals surface area contributed by atoms with Gasteiger partial charge in [-0.2, -0.15) is 0 Å². The summed E-state index contributed by atoms with van der Waals surface area (Å²) in [5, 5.41) is 11.9. The third-order valence-corrected chi connectivity index (χ3v) is 4.33. The Hall–Kier alpha value is -1.09. The fraction of sp³-hybridized carbons (Fsp3) is 0.750. The van der Waals surface area contributed by atoms with E-state index in [9.17, 15) is 4.79 Å². The zero-order valence-electron chi connectivity index (χ0n) is 11.4. The summed E-state index contributed by atoms with van der Waals surface area (Å²) in [6.45, 7) is 5.20. The van der Waals surface area contributed by atoms with Gasteiger partial charge in [-0.1, -0.05) is 11.3 Å². The molecule has 1 aromatic rings. The van der Waals surface area contributed by atoms with Gasteiger partial charge in [0, 0.05) is 25.9 Å². The van der Waals surface area contributed by atoms with Crippen LogP contribution in [0.15, 0.2) is 0 Å². The Bertz CT molecular complexity index is 477. The van der Waals surface area contributed by atoms with E-state index in [1.807, 2.05) is 6.92 Å². The van der Waals surface area contributed by atoms with Gasteiger partial charge >= 0.3 is 0 Å². The Morgan fingerprint density at radius 3 is 2.65 bits per heavy atom. The summed E-state index contributed by atoms with van der Waals surface area (Å²) in [6.07, 6.45) is 1.64. The minimum absolute atomic E-state index is 0.0506. The van der Waals surface area contributed by atoms with E-state index in [-0.39, 0.29) is 11.7 Å². The molecular formula is C12H18N4O3S. The quantitative estimate of drug-likeness (QED) is 0.882. The number of amides is 1. The number of nitrogens with one attached hydrogen (secondary N) is 1. The number of piperidine rings is 1. The molecule has 3 rings (SSSR count). The van der Waals surface area contributed by atoms with Crippen molar-refractivity contribution >= 4 is 22.4 Å². The van der Waals surface area contributed by atoms with E-state index in [1.54, 1.807) is 0 Å². The maximum Gasteiger partial charge on any atom is 0.240 e. The number of nitrogens with zero attached hydrogens (tertiary/aromatic N) is 3. The molecule has 0 bridgehead atoms. The number of likely N-dealkylation sites (tertiary alicyclic amines) is 1. The van der Waals surface area contributed by atoms with Crippen molar-refractivity contribution in [2.24, 2.45) is 0 Å². The van der Waals surface area contributed by atoms with Crippen LogP contribution in [0.2, 0.25) is 0 Å². The molecule has 1 amide bonds. The van der Waals surface area contributed by atoms with Crippen LogP contribution in [0, 0.1) is 6.92 Å². The minimum atomic E-state index is -0.386. The van der Waals surface area contributed by atoms with Gasteiger partial charge in [0.25, 0.3) is 0 Å². The molecule has 0 saturated carbocycles. The molecule has 7 nitrogen and oxygen atoms in total. The number of anilines is 1. The van der Waals surface area contributed by atoms with Gasteiger partial charge in [0.2, 0.25) is 11.0 Å². The largest absolute Gasteiger partial charge is 0.347 e. The van der Waals surface area contributed by atoms with Gasteiger partial charge in [0.1, 0.15) is 5.01 Å². The van der Waals surface area contributed by atoms with E-state index in [2.05, 4.69) is 20.4 Å². The Labute approximate surface area is 121 Å². The molecule has 2 fully saturated rings. The molecular weight excluding hydrogens is 280 g/mol. The van der Waals surface area contributed by atoms with Gasteiger partial charge in [-0.05, 0) is 6.92 Å². The zero-order valence-corrected chi connectivity index (χ0v) is 12.2. The predicted molar refractivity (Wildman–Crippen MR) is 73.6 cm³/mol. The summed E-state index contributed by atoms with van der Waals surface area (Å²) in [6, 6.07) is 0. The van der Waals surface area contributed by atoms with Crippen molar-refractivity contribution in [1.29, 1.82) is 0 Å². The average molecular weight is 298 g/mol. The fourth-order valence-electron chi connectivity index (χ4n) is 2.55. The van der Waals surface area contributed by atoms with E-state index >= 15 is 0 Å². The summed E-state index contributed by atoms with van der Waals surface area (Å²) < 4.78 is 11.3. The molecule has 0 unspecified atom stereocenters. The summed E-state index contributed by atoms with van der Waals surface area (Å²) in [7, 11) is 0. The second-order valence-electron chi connectivity index (χ2n) is 5.06. The third kappa shape index (κ3) is 3.14. The number of ether oxygens (including phenoxy) is 2. The van der Waals surface area contributed by atoms with Crippen LogP contribution in [0.5, 0.6) is 0 Å². The predicted octanol–water partition coefficient (Wildman–Crippen LogP) is 0.624. The lowest BCUT2D eigenvalue weighted by molar-refractivity contribution is -0.185. The maximum absolute atomic E-state index is 11.9. The standard InChI is InChI=1S/C12H18N4O3S/c1-9-14-15-11(20-9)13-10(17)8-16-4-2-12(3-5-16)18-6-7-19-12/h2-8H2,1H3,(H,13,15,17). The first-order valence-electron chi connectivity index (χ1n) is 6.75. The summed E-state index contributed by atoms with van der Waals surface area (Å²) >= 11 is 1.38. The third-order valence-electron chi connectivity index (χ3n) is 3.57. The molecule has 0 atom stereocenters. The van der Waals surface area contributed by atoms with E-state index in [0.717, 1.165) is 30.9 Å². The number of aromatic nitrogens is 2. The molecule has 1 spiro atoms. The number of carbonyl (C=O) groups is 1. The average Bonchev–Trinajstić information content (AvgIpc) is 3.03. The molecule has 0 radical (unpaired) electrons. The second-order valence-corrected chi connectivity index (χ2v) is 6.24. The first kappa shape index (κ1) is 13.9. The van der Waals surface area contributed by atoms with Crippen molar-refractivity contribution in [3.63, 3.8) is 0 Å². The highest BCUT2D eigenvalue weighted by Gasteiger charge is 2.39. The molecule has 1 N–H and O–H groups in total. The van der Waals surface area contributed by atoms with E-state index in [0.29, 0.717) is 24.9 Å². The SMILES string of the molecule is Cc1nnc(NC(=O)CN2CCC3(CC2)OCCO3)s1. The van der Waals surface area contributed by atoms with Crippen LogP contribution in [0.1, 0.15) is 17.8 Å². The van der Waals surface area contributed by atoms with Crippen molar-refractivity contribution in [1.82, 2.24) is 15.1 Å². The lowest BCUT2D eigenvalue weighted by Crippen LogP contribution is -2.47. The highest BCUT2D eigenvalue weighted by molar-refractivity contribution is 7.15. The van der Waals surface area contributed by atoms with Crippen LogP contribution in [0.25, 0.3) is 0 Å². The van der Waals surface area contributed by atoms with Crippen molar-refractivity contribution in [3.8, 4) is 0 Å². The molecule has 2 aliphatic rings. The van der Waals surface area contributed by atoms with E-state index in [1.165, 1.54) is 11.3 Å². The number of hydrogen-bond donors (Lipinski definition) is 1. The van der Waals surface area contributed by atoms with Crippen molar-refractivity contribution in [2.75, 3.05) is 38.2 Å². The van der Waals surface area contributed by atoms with Crippen LogP contribution < -0.4 is 5.32 Å². The van der Waals surface area contributed by atoms with Crippen molar-refractivity contribution in [3.05, 3.63) is 5.01 Å². The highest BCUT2D eigenvalue weighted by atomic mass is 32.1. The summed E-state index contributed by atoms with van der Waals surface area (Å²) in [5.41, 5.74) is 0. The van der Waals surface area contributed by atoms with Gasteiger partial charge < -0.3 is 9.47 Å². The van der Waals surface area contributed by atoms with Gasteiger partial charge in [-0.3, -0.25) is 15.0 Å². The van der Waals surface area contributed by atoms with Crippen molar-refractivity contribution < 1.29 is 14.3 Å². The molecule has 20 heavy (non-hydrogen) atoms. The molecule has 0 aliphatic carbocycles. The number of rotatable bonds is 3. The first-order chi connectivity index (χ1) is 9.65. The van der Waals surface area contributed by atoms with E-state index < -0.39 is 0 Å². The Morgan fingerprint density at radius 1 is 1.35 bits per heavy atom. The fourth-order valence-corrected chi connectivity index (χ4v) is 3.15. The molecule has 8 heteroatoms. The Balaban J connectivity index is 1.46. The van der Waals surface area contributed by atoms with Crippen LogP contribution in [-0.4, -0.2) is 59.6 Å². The molecule has 2 aliphatic heterocycles. The van der Waals surface area contributed by atoms with E-state index in [4.69, 9.17) is 9.47 Å². The number of hydrogen-bond acceptors (Lipinski definition) is 7. The Kier molecular flexibility index (Phi) is 3.97. The van der Waals surface area contributed by atoms with Gasteiger partial charge in [-0.15, -0.1) is 10.2 Å². The normalized spacial score (nSPS) is 22.2. The second kappa shape index (κ2) is 5.72. The Morgan fingerprint density at radius 2 is 2.05 bits per heavy atom. The minimum Gasteiger partial charge on any atom is -0.347 e. The maximum atomic E-state index is 11.9.